The predicted octanol–water partition coefficient (Wildman–Crippen LogP) is 2.06. The highest BCUT2D eigenvalue weighted by Crippen LogP contribution is 2.28. The molecule has 2 rings (SSSR count). The highest BCUT2D eigenvalue weighted by atomic mass is 32.1. The molecule has 0 amide bonds. The topological polar surface area (TPSA) is 49.5 Å². The van der Waals surface area contributed by atoms with Crippen molar-refractivity contribution in [2.24, 2.45) is 5.73 Å². The second-order valence-corrected chi connectivity index (χ2v) is 5.21. The van der Waals surface area contributed by atoms with Gasteiger partial charge in [-0.1, -0.05) is 12.2 Å². The molecule has 1 saturated heterocycles. The molecule has 0 aromatic heterocycles. The summed E-state index contributed by atoms with van der Waals surface area (Å²) in [6, 6.07) is 8.71. The third kappa shape index (κ3) is 3.00. The van der Waals surface area contributed by atoms with E-state index < -0.39 is 0 Å². The third-order valence-electron chi connectivity index (χ3n) is 3.56. The number of aliphatic hydroxyl groups is 1. The summed E-state index contributed by atoms with van der Waals surface area (Å²) in [5.41, 5.74) is 7.75. The summed E-state index contributed by atoms with van der Waals surface area (Å²) in [7, 11) is 0. The number of rotatable bonds is 5. The Labute approximate surface area is 114 Å². The molecule has 0 spiro atoms. The van der Waals surface area contributed by atoms with Crippen LogP contribution < -0.4 is 10.6 Å². The van der Waals surface area contributed by atoms with E-state index in [9.17, 15) is 0 Å². The van der Waals surface area contributed by atoms with Crippen molar-refractivity contribution in [3.05, 3.63) is 29.8 Å². The molecule has 18 heavy (non-hydrogen) atoms. The van der Waals surface area contributed by atoms with E-state index in [2.05, 4.69) is 17.0 Å². The number of benzene rings is 1. The molecule has 1 atom stereocenters. The van der Waals surface area contributed by atoms with Gasteiger partial charge in [0.15, 0.2) is 0 Å². The molecular weight excluding hydrogens is 244 g/mol. The van der Waals surface area contributed by atoms with Crippen LogP contribution in [-0.4, -0.2) is 29.3 Å². The van der Waals surface area contributed by atoms with Gasteiger partial charge in [-0.2, -0.15) is 0 Å². The summed E-state index contributed by atoms with van der Waals surface area (Å²) in [6.45, 7) is 1.38. The van der Waals surface area contributed by atoms with Gasteiger partial charge >= 0.3 is 0 Å². The van der Waals surface area contributed by atoms with Gasteiger partial charge in [0.25, 0.3) is 0 Å². The van der Waals surface area contributed by atoms with Crippen molar-refractivity contribution in [2.75, 3.05) is 18.1 Å². The second kappa shape index (κ2) is 6.16. The van der Waals surface area contributed by atoms with Crippen molar-refractivity contribution in [3.8, 4) is 0 Å². The minimum absolute atomic E-state index is 0.282. The third-order valence-corrected chi connectivity index (χ3v) is 3.79. The molecule has 1 aromatic rings. The smallest absolute Gasteiger partial charge is 0.103 e. The normalized spacial score (nSPS) is 19.2. The van der Waals surface area contributed by atoms with Crippen molar-refractivity contribution in [3.63, 3.8) is 0 Å². The van der Waals surface area contributed by atoms with E-state index in [-0.39, 0.29) is 6.61 Å². The summed E-state index contributed by atoms with van der Waals surface area (Å²) >= 11 is 4.96. The summed E-state index contributed by atoms with van der Waals surface area (Å²) in [4.78, 5) is 2.87. The lowest BCUT2D eigenvalue weighted by atomic mass is 10.1. The molecule has 0 bridgehead atoms. The highest BCUT2D eigenvalue weighted by molar-refractivity contribution is 7.80. The van der Waals surface area contributed by atoms with Gasteiger partial charge in [0.2, 0.25) is 0 Å². The molecule has 1 aromatic carbocycles. The largest absolute Gasteiger partial charge is 0.396 e. The standard InChI is InChI=1S/C14H20N2OS/c15-14(18)11-5-7-13(8-6-11)16-9-1-3-12(16)4-2-10-17/h5-8,12,17H,1-4,9-10H2,(H2,15,18). The molecule has 0 radical (unpaired) electrons. The number of nitrogens with zero attached hydrogens (tertiary/aromatic N) is 1. The van der Waals surface area contributed by atoms with Gasteiger partial charge in [0.05, 0.1) is 0 Å². The van der Waals surface area contributed by atoms with Crippen LogP contribution in [0.15, 0.2) is 24.3 Å². The maximum atomic E-state index is 8.93. The van der Waals surface area contributed by atoms with Crippen molar-refractivity contribution in [1.82, 2.24) is 0 Å². The Bertz CT molecular complexity index is 405. The van der Waals surface area contributed by atoms with Crippen LogP contribution >= 0.6 is 12.2 Å². The zero-order valence-corrected chi connectivity index (χ0v) is 11.3. The first-order valence-electron chi connectivity index (χ1n) is 6.49. The van der Waals surface area contributed by atoms with Crippen molar-refractivity contribution in [1.29, 1.82) is 0 Å². The van der Waals surface area contributed by atoms with Gasteiger partial charge in [-0.05, 0) is 49.9 Å². The van der Waals surface area contributed by atoms with E-state index in [0.29, 0.717) is 11.0 Å². The molecule has 3 N–H and O–H groups in total. The lowest BCUT2D eigenvalue weighted by Crippen LogP contribution is -2.29. The van der Waals surface area contributed by atoms with E-state index in [1.54, 1.807) is 0 Å². The van der Waals surface area contributed by atoms with Crippen LogP contribution in [-0.2, 0) is 0 Å². The Morgan fingerprint density at radius 3 is 2.72 bits per heavy atom. The predicted molar refractivity (Wildman–Crippen MR) is 79.0 cm³/mol. The first-order valence-corrected chi connectivity index (χ1v) is 6.90. The van der Waals surface area contributed by atoms with Crippen LogP contribution in [0.1, 0.15) is 31.2 Å². The van der Waals surface area contributed by atoms with Gasteiger partial charge in [-0.15, -0.1) is 0 Å². The van der Waals surface area contributed by atoms with Gasteiger partial charge < -0.3 is 15.7 Å². The molecule has 3 nitrogen and oxygen atoms in total. The molecular formula is C14H20N2OS. The van der Waals surface area contributed by atoms with Crippen molar-refractivity contribution >= 4 is 22.9 Å². The van der Waals surface area contributed by atoms with E-state index in [1.807, 2.05) is 12.1 Å². The van der Waals surface area contributed by atoms with E-state index in [4.69, 9.17) is 23.1 Å². The molecule has 1 aliphatic heterocycles. The molecule has 1 heterocycles. The number of hydrogen-bond donors (Lipinski definition) is 2. The minimum Gasteiger partial charge on any atom is -0.396 e. The SMILES string of the molecule is NC(=S)c1ccc(N2CCCC2CCCO)cc1. The van der Waals surface area contributed by atoms with Crippen LogP contribution in [0.25, 0.3) is 0 Å². The number of nitrogens with two attached hydrogens (primary N) is 1. The first-order chi connectivity index (χ1) is 8.72. The lowest BCUT2D eigenvalue weighted by molar-refractivity contribution is 0.279. The summed E-state index contributed by atoms with van der Waals surface area (Å²) in [6.07, 6.45) is 4.39. The average Bonchev–Trinajstić information content (AvgIpc) is 2.84. The maximum Gasteiger partial charge on any atom is 0.103 e. The zero-order chi connectivity index (χ0) is 13.0. The monoisotopic (exact) mass is 264 g/mol. The fourth-order valence-corrected chi connectivity index (χ4v) is 2.76. The molecule has 0 aliphatic carbocycles. The van der Waals surface area contributed by atoms with Crippen molar-refractivity contribution in [2.45, 2.75) is 31.7 Å². The Morgan fingerprint density at radius 1 is 1.39 bits per heavy atom. The van der Waals surface area contributed by atoms with Gasteiger partial charge in [0, 0.05) is 30.4 Å². The first kappa shape index (κ1) is 13.3. The molecule has 1 fully saturated rings. The number of hydrogen-bond acceptors (Lipinski definition) is 3. The van der Waals surface area contributed by atoms with E-state index >= 15 is 0 Å². The minimum atomic E-state index is 0.282. The van der Waals surface area contributed by atoms with E-state index in [0.717, 1.165) is 24.9 Å². The Kier molecular flexibility index (Phi) is 4.55. The zero-order valence-electron chi connectivity index (χ0n) is 10.5. The van der Waals surface area contributed by atoms with Gasteiger partial charge in [-0.3, -0.25) is 0 Å². The van der Waals surface area contributed by atoms with Crippen LogP contribution in [0.2, 0.25) is 0 Å². The molecule has 4 heteroatoms. The lowest BCUT2D eigenvalue weighted by Gasteiger charge is -2.27. The number of aliphatic hydroxyl groups excluding tert-OH is 1. The summed E-state index contributed by atoms with van der Waals surface area (Å²) in [5, 5.41) is 8.93. The molecule has 1 unspecified atom stereocenters. The average molecular weight is 264 g/mol. The summed E-state index contributed by atoms with van der Waals surface area (Å²) in [5.74, 6) is 0. The highest BCUT2D eigenvalue weighted by Gasteiger charge is 2.23. The van der Waals surface area contributed by atoms with Crippen LogP contribution in [0.4, 0.5) is 5.69 Å². The quantitative estimate of drug-likeness (QED) is 0.799. The second-order valence-electron chi connectivity index (χ2n) is 4.77. The van der Waals surface area contributed by atoms with Crippen LogP contribution in [0.3, 0.4) is 0 Å². The van der Waals surface area contributed by atoms with Gasteiger partial charge in [-0.25, -0.2) is 0 Å². The molecule has 98 valence electrons. The van der Waals surface area contributed by atoms with Crippen LogP contribution in [0.5, 0.6) is 0 Å². The van der Waals surface area contributed by atoms with E-state index in [1.165, 1.54) is 18.5 Å². The fourth-order valence-electron chi connectivity index (χ4n) is 2.62. The van der Waals surface area contributed by atoms with Gasteiger partial charge in [0.1, 0.15) is 4.99 Å². The Hall–Kier alpha value is -1.13. The summed E-state index contributed by atoms with van der Waals surface area (Å²) < 4.78 is 0. The molecule has 1 aliphatic rings. The van der Waals surface area contributed by atoms with Crippen LogP contribution in [0, 0.1) is 0 Å². The fraction of sp³-hybridized carbons (Fsp3) is 0.500. The Morgan fingerprint density at radius 2 is 2.11 bits per heavy atom. The molecule has 0 saturated carbocycles. The van der Waals surface area contributed by atoms with Crippen molar-refractivity contribution < 1.29 is 5.11 Å². The maximum absolute atomic E-state index is 8.93. The number of anilines is 1. The number of thiocarbonyl (C=S) groups is 1. The Balaban J connectivity index is 2.07.